The van der Waals surface area contributed by atoms with Crippen LogP contribution in [-0.4, -0.2) is 16.0 Å². The van der Waals surface area contributed by atoms with Gasteiger partial charge in [-0.1, -0.05) is 29.3 Å². The Bertz CT molecular complexity index is 1320. The zero-order valence-electron chi connectivity index (χ0n) is 19.5. The number of anilines is 1. The first kappa shape index (κ1) is 23.3. The van der Waals surface area contributed by atoms with E-state index >= 15 is 0 Å². The number of amides is 1. The summed E-state index contributed by atoms with van der Waals surface area (Å²) in [6.45, 7) is 1.98. The molecule has 4 saturated carbocycles. The zero-order chi connectivity index (χ0) is 24.3. The number of rotatable bonds is 4. The van der Waals surface area contributed by atoms with Gasteiger partial charge in [-0.25, -0.2) is 4.98 Å². The Hall–Kier alpha value is -2.15. The summed E-state index contributed by atoms with van der Waals surface area (Å²) in [6.07, 6.45) is 8.29. The van der Waals surface area contributed by atoms with Crippen molar-refractivity contribution in [3.05, 3.63) is 45.9 Å². The van der Waals surface area contributed by atoms with Gasteiger partial charge in [0.15, 0.2) is 10.7 Å². The fourth-order valence-electron chi connectivity index (χ4n) is 7.14. The number of nitrogens with one attached hydrogen (secondary N) is 2. The first-order chi connectivity index (χ1) is 16.7. The van der Waals surface area contributed by atoms with Crippen LogP contribution in [0, 0.1) is 30.1 Å². The van der Waals surface area contributed by atoms with Gasteiger partial charge in [0.1, 0.15) is 5.52 Å². The van der Waals surface area contributed by atoms with E-state index in [9.17, 15) is 4.79 Å². The van der Waals surface area contributed by atoms with Gasteiger partial charge in [-0.2, -0.15) is 0 Å². The van der Waals surface area contributed by atoms with Crippen molar-refractivity contribution in [1.82, 2.24) is 10.3 Å². The lowest BCUT2D eigenvalue weighted by Gasteiger charge is -2.56. The van der Waals surface area contributed by atoms with Crippen LogP contribution < -0.4 is 10.6 Å². The highest BCUT2D eigenvalue weighted by atomic mass is 35.5. The van der Waals surface area contributed by atoms with Crippen molar-refractivity contribution in [2.24, 2.45) is 23.2 Å². The fraction of sp³-hybridized carbons (Fsp3) is 0.444. The molecule has 4 aliphatic rings. The van der Waals surface area contributed by atoms with Crippen molar-refractivity contribution in [3.8, 4) is 11.5 Å². The third-order valence-corrected chi connectivity index (χ3v) is 8.80. The molecular weight excluding hydrogens is 501 g/mol. The average Bonchev–Trinajstić information content (AvgIpc) is 3.18. The topological polar surface area (TPSA) is 67.2 Å². The van der Waals surface area contributed by atoms with E-state index in [0.717, 1.165) is 34.6 Å². The monoisotopic (exact) mass is 527 g/mol. The molecule has 1 heterocycles. The van der Waals surface area contributed by atoms with Crippen LogP contribution in [-0.2, 0) is 4.79 Å². The molecule has 0 saturated heterocycles. The lowest BCUT2D eigenvalue weighted by atomic mass is 9.49. The molecule has 182 valence electrons. The molecule has 7 rings (SSSR count). The second-order valence-electron chi connectivity index (χ2n) is 10.9. The largest absolute Gasteiger partial charge is 0.435 e. The Morgan fingerprint density at radius 3 is 2.49 bits per heavy atom. The average molecular weight is 529 g/mol. The number of aromatic nitrogens is 1. The summed E-state index contributed by atoms with van der Waals surface area (Å²) >= 11 is 17.9. The van der Waals surface area contributed by atoms with Gasteiger partial charge in [0.25, 0.3) is 0 Å². The number of hydrogen-bond acceptors (Lipinski definition) is 4. The number of carbonyl (C=O) groups excluding carboxylic acids is 1. The SMILES string of the molecule is Cc1ccc(-c2nc3cc(Cl)cc(Cl)c3o2)cc1NC(=S)NC(=O)CC12CC3CC(CC(C3)C1)C2. The Morgan fingerprint density at radius 2 is 1.80 bits per heavy atom. The van der Waals surface area contributed by atoms with Gasteiger partial charge < -0.3 is 15.1 Å². The van der Waals surface area contributed by atoms with Gasteiger partial charge in [0.05, 0.1) is 5.02 Å². The van der Waals surface area contributed by atoms with Crippen LogP contribution >= 0.6 is 35.4 Å². The molecule has 4 bridgehead atoms. The summed E-state index contributed by atoms with van der Waals surface area (Å²) in [5.41, 5.74) is 3.82. The van der Waals surface area contributed by atoms with Gasteiger partial charge in [-0.15, -0.1) is 0 Å². The molecule has 8 heteroatoms. The summed E-state index contributed by atoms with van der Waals surface area (Å²) in [7, 11) is 0. The van der Waals surface area contributed by atoms with Crippen molar-refractivity contribution in [2.45, 2.75) is 51.9 Å². The van der Waals surface area contributed by atoms with E-state index in [-0.39, 0.29) is 11.3 Å². The third-order valence-electron chi connectivity index (χ3n) is 8.10. The molecule has 5 nitrogen and oxygen atoms in total. The van der Waals surface area contributed by atoms with Gasteiger partial charge in [-0.3, -0.25) is 4.79 Å². The Balaban J connectivity index is 1.15. The maximum atomic E-state index is 13.0. The molecule has 1 amide bonds. The number of hydrogen-bond donors (Lipinski definition) is 2. The van der Waals surface area contributed by atoms with E-state index in [2.05, 4.69) is 15.6 Å². The minimum Gasteiger partial charge on any atom is -0.435 e. The lowest BCUT2D eigenvalue weighted by molar-refractivity contribution is -0.127. The highest BCUT2D eigenvalue weighted by Crippen LogP contribution is 2.61. The lowest BCUT2D eigenvalue weighted by Crippen LogP contribution is -2.48. The van der Waals surface area contributed by atoms with Crippen LogP contribution in [0.25, 0.3) is 22.6 Å². The van der Waals surface area contributed by atoms with Crippen molar-refractivity contribution in [1.29, 1.82) is 0 Å². The Kier molecular flexibility index (Phi) is 5.82. The second-order valence-corrected chi connectivity index (χ2v) is 12.1. The van der Waals surface area contributed by atoms with Crippen LogP contribution in [0.2, 0.25) is 10.0 Å². The standard InChI is InChI=1S/C27H27Cl2N3O2S/c1-14-2-3-18(25-30-22-9-19(28)8-20(29)24(22)34-25)7-21(14)31-26(35)32-23(33)13-27-10-15-4-16(11-27)6-17(5-15)12-27/h2-3,7-9,15-17H,4-6,10-13H2,1H3,(H2,31,32,33,35). The number of carbonyl (C=O) groups is 1. The minimum absolute atomic E-state index is 0.0173. The highest BCUT2D eigenvalue weighted by Gasteiger charge is 2.51. The second kappa shape index (κ2) is 8.75. The van der Waals surface area contributed by atoms with E-state index in [1.807, 2.05) is 25.1 Å². The van der Waals surface area contributed by atoms with Crippen LogP contribution in [0.3, 0.4) is 0 Å². The Morgan fingerprint density at radius 1 is 1.11 bits per heavy atom. The number of fused-ring (bicyclic) bond motifs is 1. The van der Waals surface area contributed by atoms with E-state index in [1.165, 1.54) is 38.5 Å². The van der Waals surface area contributed by atoms with Crippen LogP contribution in [0.5, 0.6) is 0 Å². The molecule has 0 radical (unpaired) electrons. The number of oxazole rings is 1. The van der Waals surface area contributed by atoms with E-state index in [1.54, 1.807) is 12.1 Å². The summed E-state index contributed by atoms with van der Waals surface area (Å²) in [6, 6.07) is 9.15. The van der Waals surface area contributed by atoms with Crippen molar-refractivity contribution < 1.29 is 9.21 Å². The first-order valence-corrected chi connectivity index (χ1v) is 13.4. The van der Waals surface area contributed by atoms with Gasteiger partial charge in [0.2, 0.25) is 11.8 Å². The summed E-state index contributed by atoms with van der Waals surface area (Å²) in [5.74, 6) is 2.92. The molecule has 0 unspecified atom stereocenters. The molecular formula is C27H27Cl2N3O2S. The highest BCUT2D eigenvalue weighted by molar-refractivity contribution is 7.80. The molecule has 3 aromatic rings. The molecule has 0 aliphatic heterocycles. The maximum absolute atomic E-state index is 13.0. The molecule has 4 fully saturated rings. The molecule has 2 N–H and O–H groups in total. The number of nitrogens with zero attached hydrogens (tertiary/aromatic N) is 1. The first-order valence-electron chi connectivity index (χ1n) is 12.2. The molecule has 4 aliphatic carbocycles. The number of halogens is 2. The zero-order valence-corrected chi connectivity index (χ0v) is 21.8. The third kappa shape index (κ3) is 4.56. The molecule has 2 aromatic carbocycles. The Labute approximate surface area is 220 Å². The van der Waals surface area contributed by atoms with Crippen molar-refractivity contribution in [3.63, 3.8) is 0 Å². The summed E-state index contributed by atoms with van der Waals surface area (Å²) in [4.78, 5) is 17.5. The molecule has 35 heavy (non-hydrogen) atoms. The van der Waals surface area contributed by atoms with Gasteiger partial charge in [0, 0.05) is 22.7 Å². The van der Waals surface area contributed by atoms with Gasteiger partial charge >= 0.3 is 0 Å². The van der Waals surface area contributed by atoms with Crippen molar-refractivity contribution in [2.75, 3.05) is 5.32 Å². The number of aryl methyl sites for hydroxylation is 1. The van der Waals surface area contributed by atoms with Crippen molar-refractivity contribution >= 4 is 63.2 Å². The number of benzene rings is 2. The number of thiocarbonyl (C=S) groups is 1. The van der Waals surface area contributed by atoms with E-state index in [4.69, 9.17) is 39.8 Å². The molecule has 1 aromatic heterocycles. The minimum atomic E-state index is 0.0173. The van der Waals surface area contributed by atoms with E-state index in [0.29, 0.717) is 38.6 Å². The predicted molar refractivity (Wildman–Crippen MR) is 144 cm³/mol. The quantitative estimate of drug-likeness (QED) is 0.343. The fourth-order valence-corrected chi connectivity index (χ4v) is 7.89. The summed E-state index contributed by atoms with van der Waals surface area (Å²) in [5, 5.41) is 7.36. The van der Waals surface area contributed by atoms with Crippen LogP contribution in [0.1, 0.15) is 50.5 Å². The summed E-state index contributed by atoms with van der Waals surface area (Å²) < 4.78 is 5.91. The van der Waals surface area contributed by atoms with Crippen LogP contribution in [0.15, 0.2) is 34.7 Å². The predicted octanol–water partition coefficient (Wildman–Crippen LogP) is 7.53. The molecule has 0 atom stereocenters. The van der Waals surface area contributed by atoms with Crippen LogP contribution in [0.4, 0.5) is 5.69 Å². The normalized spacial score (nSPS) is 26.8. The van der Waals surface area contributed by atoms with E-state index < -0.39 is 0 Å². The molecule has 0 spiro atoms. The van der Waals surface area contributed by atoms with Gasteiger partial charge in [-0.05, 0) is 111 Å². The smallest absolute Gasteiger partial charge is 0.227 e. The maximum Gasteiger partial charge on any atom is 0.227 e.